The molecular weight excluding hydrogens is 430 g/mol. The summed E-state index contributed by atoms with van der Waals surface area (Å²) in [7, 11) is 1.63. The van der Waals surface area contributed by atoms with E-state index in [0.29, 0.717) is 12.8 Å². The summed E-state index contributed by atoms with van der Waals surface area (Å²) < 4.78 is 6.34. The molecule has 1 N–H and O–H groups in total. The van der Waals surface area contributed by atoms with Gasteiger partial charge < -0.3 is 10.1 Å². The lowest BCUT2D eigenvalue weighted by molar-refractivity contribution is -0.119. The molecule has 1 heterocycles. The van der Waals surface area contributed by atoms with Gasteiger partial charge in [-0.2, -0.15) is 0 Å². The van der Waals surface area contributed by atoms with Crippen LogP contribution in [0.4, 0.5) is 0 Å². The number of dihydropyridines is 1. The smallest absolute Gasteiger partial charge is 0.162 e. The van der Waals surface area contributed by atoms with E-state index in [4.69, 9.17) is 4.74 Å². The molecule has 0 spiro atoms. The van der Waals surface area contributed by atoms with E-state index < -0.39 is 0 Å². The fraction of sp³-hybridized carbons (Fsp3) is 0.500. The van der Waals surface area contributed by atoms with Gasteiger partial charge in [-0.1, -0.05) is 43.6 Å². The lowest BCUT2D eigenvalue weighted by Crippen LogP contribution is -2.42. The van der Waals surface area contributed by atoms with Crippen molar-refractivity contribution < 1.29 is 14.3 Å². The summed E-state index contributed by atoms with van der Waals surface area (Å²) >= 11 is 3.67. The van der Waals surface area contributed by atoms with Crippen molar-refractivity contribution in [2.45, 2.75) is 59.3 Å². The number of hydrogen-bond acceptors (Lipinski definition) is 4. The van der Waals surface area contributed by atoms with Gasteiger partial charge in [0.2, 0.25) is 0 Å². The lowest BCUT2D eigenvalue weighted by Gasteiger charge is -2.44. The molecule has 0 saturated carbocycles. The third kappa shape index (κ3) is 3.58. The van der Waals surface area contributed by atoms with E-state index in [9.17, 15) is 9.59 Å². The van der Waals surface area contributed by atoms with Gasteiger partial charge >= 0.3 is 0 Å². The van der Waals surface area contributed by atoms with Crippen LogP contribution in [0, 0.1) is 10.8 Å². The van der Waals surface area contributed by atoms with Gasteiger partial charge in [-0.3, -0.25) is 9.59 Å². The van der Waals surface area contributed by atoms with E-state index in [1.165, 1.54) is 0 Å². The maximum absolute atomic E-state index is 13.3. The number of methoxy groups -OCH3 is 1. The molecule has 0 bridgehead atoms. The zero-order valence-corrected chi connectivity index (χ0v) is 19.3. The van der Waals surface area contributed by atoms with Crippen LogP contribution >= 0.6 is 15.9 Å². The van der Waals surface area contributed by atoms with Crippen molar-refractivity contribution in [3.8, 4) is 5.75 Å². The Hall–Kier alpha value is -1.88. The molecule has 5 heteroatoms. The molecule has 0 fully saturated rings. The fourth-order valence-corrected chi connectivity index (χ4v) is 5.55. The molecule has 0 radical (unpaired) electrons. The summed E-state index contributed by atoms with van der Waals surface area (Å²) in [6, 6.07) is 5.78. The van der Waals surface area contributed by atoms with Crippen molar-refractivity contribution in [2.75, 3.05) is 7.11 Å². The Kier molecular flexibility index (Phi) is 4.80. The zero-order valence-electron chi connectivity index (χ0n) is 17.7. The van der Waals surface area contributed by atoms with Gasteiger partial charge in [-0.15, -0.1) is 0 Å². The molecule has 2 aliphatic carbocycles. The number of ether oxygens (including phenoxy) is 1. The summed E-state index contributed by atoms with van der Waals surface area (Å²) in [6.45, 7) is 8.53. The molecule has 1 aromatic rings. The van der Waals surface area contributed by atoms with Crippen LogP contribution in [0.25, 0.3) is 0 Å². The number of carbonyl (C=O) groups is 2. The number of hydrogen-bond donors (Lipinski definition) is 1. The minimum atomic E-state index is -0.349. The third-order valence-electron chi connectivity index (χ3n) is 6.23. The Bertz CT molecular complexity index is 932. The predicted molar refractivity (Wildman–Crippen MR) is 117 cm³/mol. The first-order chi connectivity index (χ1) is 13.5. The second kappa shape index (κ2) is 6.83. The monoisotopic (exact) mass is 457 g/mol. The lowest BCUT2D eigenvalue weighted by atomic mass is 9.64. The van der Waals surface area contributed by atoms with E-state index in [-0.39, 0.29) is 28.3 Å². The van der Waals surface area contributed by atoms with Crippen LogP contribution in [0.3, 0.4) is 0 Å². The average molecular weight is 458 g/mol. The first-order valence-corrected chi connectivity index (χ1v) is 10.9. The standard InChI is InChI=1S/C24H28BrNO3/c1-23(2)9-16-21(18(27)11-23)20(14-8-13(29-5)6-7-15(14)25)22-17(26-16)10-24(3,4)12-19(22)28/h6-8,20,26H,9-12H2,1-5H3. The first kappa shape index (κ1) is 20.4. The van der Waals surface area contributed by atoms with Crippen molar-refractivity contribution in [3.05, 3.63) is 50.8 Å². The molecule has 0 amide bonds. The molecule has 4 nitrogen and oxygen atoms in total. The first-order valence-electron chi connectivity index (χ1n) is 10.1. The minimum Gasteiger partial charge on any atom is -0.497 e. The Labute approximate surface area is 180 Å². The second-order valence-corrected chi connectivity index (χ2v) is 11.0. The van der Waals surface area contributed by atoms with Gasteiger partial charge in [-0.25, -0.2) is 0 Å². The Morgan fingerprint density at radius 3 is 1.93 bits per heavy atom. The van der Waals surface area contributed by atoms with Gasteiger partial charge in [0.05, 0.1) is 7.11 Å². The molecule has 0 unspecified atom stereocenters. The summed E-state index contributed by atoms with van der Waals surface area (Å²) in [6.07, 6.45) is 2.59. The van der Waals surface area contributed by atoms with Crippen LogP contribution < -0.4 is 10.1 Å². The van der Waals surface area contributed by atoms with Gasteiger partial charge in [-0.05, 0) is 47.4 Å². The van der Waals surface area contributed by atoms with Crippen molar-refractivity contribution in [3.63, 3.8) is 0 Å². The zero-order chi connectivity index (χ0) is 21.1. The second-order valence-electron chi connectivity index (χ2n) is 10.1. The fourth-order valence-electron chi connectivity index (χ4n) is 5.07. The summed E-state index contributed by atoms with van der Waals surface area (Å²) in [5, 5.41) is 3.55. The predicted octanol–water partition coefficient (Wildman–Crippen LogP) is 5.43. The number of nitrogens with one attached hydrogen (secondary N) is 1. The Balaban J connectivity index is 1.95. The molecule has 1 aromatic carbocycles. The maximum atomic E-state index is 13.3. The van der Waals surface area contributed by atoms with Crippen LogP contribution in [-0.2, 0) is 9.59 Å². The molecule has 1 aliphatic heterocycles. The van der Waals surface area contributed by atoms with Crippen LogP contribution in [-0.4, -0.2) is 18.7 Å². The van der Waals surface area contributed by atoms with Crippen LogP contribution in [0.1, 0.15) is 64.9 Å². The van der Waals surface area contributed by atoms with Gasteiger partial charge in [0, 0.05) is 45.8 Å². The average Bonchev–Trinajstić information content (AvgIpc) is 2.58. The number of allylic oxidation sites excluding steroid dienone is 4. The highest BCUT2D eigenvalue weighted by atomic mass is 79.9. The molecule has 4 rings (SSSR count). The highest BCUT2D eigenvalue weighted by Gasteiger charge is 2.46. The maximum Gasteiger partial charge on any atom is 0.162 e. The van der Waals surface area contributed by atoms with Crippen molar-refractivity contribution >= 4 is 27.5 Å². The molecule has 29 heavy (non-hydrogen) atoms. The van der Waals surface area contributed by atoms with E-state index in [2.05, 4.69) is 48.9 Å². The van der Waals surface area contributed by atoms with Crippen LogP contribution in [0.15, 0.2) is 45.2 Å². The normalized spacial score (nSPS) is 23.5. The Morgan fingerprint density at radius 2 is 1.45 bits per heavy atom. The van der Waals surface area contributed by atoms with Crippen LogP contribution in [0.2, 0.25) is 0 Å². The molecule has 0 saturated heterocycles. The molecule has 0 aromatic heterocycles. The summed E-state index contributed by atoms with van der Waals surface area (Å²) in [5.74, 6) is 0.636. The highest BCUT2D eigenvalue weighted by molar-refractivity contribution is 9.10. The van der Waals surface area contributed by atoms with Crippen LogP contribution in [0.5, 0.6) is 5.75 Å². The van der Waals surface area contributed by atoms with Crippen molar-refractivity contribution in [1.29, 1.82) is 0 Å². The third-order valence-corrected chi connectivity index (χ3v) is 6.96. The summed E-state index contributed by atoms with van der Waals surface area (Å²) in [4.78, 5) is 26.6. The number of rotatable bonds is 2. The quantitative estimate of drug-likeness (QED) is 0.642. The topological polar surface area (TPSA) is 55.4 Å². The van der Waals surface area contributed by atoms with E-state index in [0.717, 1.165) is 51.2 Å². The molecule has 154 valence electrons. The largest absolute Gasteiger partial charge is 0.497 e. The highest BCUT2D eigenvalue weighted by Crippen LogP contribution is 2.52. The number of halogens is 1. The van der Waals surface area contributed by atoms with Gasteiger partial charge in [0.1, 0.15) is 5.75 Å². The van der Waals surface area contributed by atoms with Gasteiger partial charge in [0.25, 0.3) is 0 Å². The van der Waals surface area contributed by atoms with E-state index in [1.54, 1.807) is 7.11 Å². The summed E-state index contributed by atoms with van der Waals surface area (Å²) in [5.41, 5.74) is 4.21. The van der Waals surface area contributed by atoms with Crippen molar-refractivity contribution in [2.24, 2.45) is 10.8 Å². The number of benzene rings is 1. The number of Topliss-reactive ketones (excluding diaryl/α,β-unsaturated/α-hetero) is 2. The van der Waals surface area contributed by atoms with Gasteiger partial charge in [0.15, 0.2) is 11.6 Å². The van der Waals surface area contributed by atoms with E-state index in [1.807, 2.05) is 18.2 Å². The number of carbonyl (C=O) groups excluding carboxylic acids is 2. The molecule has 0 atom stereocenters. The SMILES string of the molecule is COc1ccc(Br)c(C2C3=C(CC(C)(C)CC3=O)NC3=C2C(=O)CC(C)(C)C3)c1. The Morgan fingerprint density at radius 1 is 0.931 bits per heavy atom. The number of ketones is 2. The molecule has 3 aliphatic rings. The molecular formula is C24H28BrNO3. The van der Waals surface area contributed by atoms with Crippen molar-refractivity contribution in [1.82, 2.24) is 5.32 Å². The van der Waals surface area contributed by atoms with E-state index >= 15 is 0 Å². The minimum absolute atomic E-state index is 0.0919.